The molecule has 0 aliphatic carbocycles. The van der Waals surface area contributed by atoms with Gasteiger partial charge < -0.3 is 16.5 Å². The fourth-order valence-electron chi connectivity index (χ4n) is 3.24. The molecule has 0 aromatic heterocycles. The summed E-state index contributed by atoms with van der Waals surface area (Å²) in [7, 11) is 0. The molecule has 4 nitrogen and oxygen atoms in total. The zero-order valence-electron chi connectivity index (χ0n) is 13.6. The number of nitrogen functional groups attached to an aromatic ring is 1. The van der Waals surface area contributed by atoms with E-state index < -0.39 is 0 Å². The minimum Gasteiger partial charge on any atom is -0.398 e. The average Bonchev–Trinajstić information content (AvgIpc) is 2.57. The fourth-order valence-corrected chi connectivity index (χ4v) is 3.68. The SMILES string of the molecule is N=Cc1cc(NC2CCCN(Cc3cccc(Br)c3)C2)ccc1N. The molecule has 2 aromatic carbocycles. The molecular weight excluding hydrogens is 364 g/mol. The van der Waals surface area contributed by atoms with Gasteiger partial charge >= 0.3 is 0 Å². The first-order valence-corrected chi connectivity index (χ1v) is 9.06. The molecule has 0 radical (unpaired) electrons. The molecule has 1 unspecified atom stereocenters. The Bertz CT molecular complexity index is 716. The molecular formula is C19H23BrN4. The lowest BCUT2D eigenvalue weighted by Crippen LogP contribution is -2.41. The molecule has 1 aliphatic heterocycles. The summed E-state index contributed by atoms with van der Waals surface area (Å²) < 4.78 is 1.13. The van der Waals surface area contributed by atoms with E-state index in [9.17, 15) is 0 Å². The van der Waals surface area contributed by atoms with Crippen molar-refractivity contribution >= 4 is 33.5 Å². The van der Waals surface area contributed by atoms with E-state index in [0.717, 1.165) is 35.4 Å². The van der Waals surface area contributed by atoms with Crippen LogP contribution in [0.3, 0.4) is 0 Å². The van der Waals surface area contributed by atoms with E-state index in [2.05, 4.69) is 50.4 Å². The van der Waals surface area contributed by atoms with Crippen molar-refractivity contribution in [2.75, 3.05) is 24.1 Å². The van der Waals surface area contributed by atoms with Crippen molar-refractivity contribution in [3.05, 3.63) is 58.1 Å². The van der Waals surface area contributed by atoms with Gasteiger partial charge in [0.2, 0.25) is 0 Å². The minimum atomic E-state index is 0.424. The maximum absolute atomic E-state index is 7.43. The van der Waals surface area contributed by atoms with Crippen LogP contribution in [-0.2, 0) is 6.54 Å². The lowest BCUT2D eigenvalue weighted by molar-refractivity contribution is 0.208. The summed E-state index contributed by atoms with van der Waals surface area (Å²) in [5.74, 6) is 0. The summed E-state index contributed by atoms with van der Waals surface area (Å²) in [6.07, 6.45) is 3.66. The molecule has 0 bridgehead atoms. The van der Waals surface area contributed by atoms with Crippen LogP contribution in [0.25, 0.3) is 0 Å². The number of halogens is 1. The summed E-state index contributed by atoms with van der Waals surface area (Å²) >= 11 is 3.54. The Morgan fingerprint density at radius 2 is 2.17 bits per heavy atom. The van der Waals surface area contributed by atoms with Crippen LogP contribution < -0.4 is 11.1 Å². The minimum absolute atomic E-state index is 0.424. The maximum atomic E-state index is 7.43. The van der Waals surface area contributed by atoms with E-state index in [4.69, 9.17) is 11.1 Å². The maximum Gasteiger partial charge on any atom is 0.0404 e. The number of piperidine rings is 1. The second kappa shape index (κ2) is 7.81. The molecule has 0 amide bonds. The van der Waals surface area contributed by atoms with Crippen molar-refractivity contribution in [3.8, 4) is 0 Å². The second-order valence-electron chi connectivity index (χ2n) is 6.34. The monoisotopic (exact) mass is 386 g/mol. The Labute approximate surface area is 151 Å². The number of nitrogens with zero attached hydrogens (tertiary/aromatic N) is 1. The predicted octanol–water partition coefficient (Wildman–Crippen LogP) is 4.11. The van der Waals surface area contributed by atoms with Crippen LogP contribution >= 0.6 is 15.9 Å². The van der Waals surface area contributed by atoms with Crippen LogP contribution in [0.4, 0.5) is 11.4 Å². The first kappa shape index (κ1) is 17.0. The van der Waals surface area contributed by atoms with Crippen LogP contribution in [0.1, 0.15) is 24.0 Å². The van der Waals surface area contributed by atoms with Gasteiger partial charge in [-0.3, -0.25) is 4.90 Å². The smallest absolute Gasteiger partial charge is 0.0404 e. The molecule has 0 spiro atoms. The van der Waals surface area contributed by atoms with Crippen molar-refractivity contribution in [1.29, 1.82) is 5.41 Å². The highest BCUT2D eigenvalue weighted by atomic mass is 79.9. The van der Waals surface area contributed by atoms with Crippen LogP contribution in [0.2, 0.25) is 0 Å². The zero-order valence-corrected chi connectivity index (χ0v) is 15.2. The van der Waals surface area contributed by atoms with Crippen molar-refractivity contribution in [2.45, 2.75) is 25.4 Å². The summed E-state index contributed by atoms with van der Waals surface area (Å²) in [6, 6.07) is 14.8. The lowest BCUT2D eigenvalue weighted by atomic mass is 10.0. The molecule has 24 heavy (non-hydrogen) atoms. The summed E-state index contributed by atoms with van der Waals surface area (Å²) in [5, 5.41) is 11.0. The number of nitrogens with two attached hydrogens (primary N) is 1. The largest absolute Gasteiger partial charge is 0.398 e. The topological polar surface area (TPSA) is 65.1 Å². The number of rotatable bonds is 5. The molecule has 1 saturated heterocycles. The van der Waals surface area contributed by atoms with Crippen molar-refractivity contribution < 1.29 is 0 Å². The first-order valence-electron chi connectivity index (χ1n) is 8.27. The third kappa shape index (κ3) is 4.36. The van der Waals surface area contributed by atoms with Crippen molar-refractivity contribution in [1.82, 2.24) is 4.90 Å². The van der Waals surface area contributed by atoms with Crippen LogP contribution in [0.15, 0.2) is 46.9 Å². The Kier molecular flexibility index (Phi) is 5.53. The zero-order chi connectivity index (χ0) is 16.9. The molecule has 0 saturated carbocycles. The number of hydrogen-bond acceptors (Lipinski definition) is 4. The van der Waals surface area contributed by atoms with Crippen LogP contribution in [0, 0.1) is 5.41 Å². The molecule has 3 rings (SSSR count). The van der Waals surface area contributed by atoms with E-state index in [1.54, 1.807) is 0 Å². The number of anilines is 2. The van der Waals surface area contributed by atoms with Crippen molar-refractivity contribution in [2.24, 2.45) is 0 Å². The van der Waals surface area contributed by atoms with E-state index in [1.807, 2.05) is 18.2 Å². The highest BCUT2D eigenvalue weighted by Crippen LogP contribution is 2.21. The Balaban J connectivity index is 1.62. The molecule has 1 aliphatic rings. The van der Waals surface area contributed by atoms with Gasteiger partial charge in [0.15, 0.2) is 0 Å². The van der Waals surface area contributed by atoms with Crippen LogP contribution in [0.5, 0.6) is 0 Å². The molecule has 1 atom stereocenters. The fraction of sp³-hybridized carbons (Fsp3) is 0.316. The number of likely N-dealkylation sites (tertiary alicyclic amines) is 1. The van der Waals surface area contributed by atoms with E-state index >= 15 is 0 Å². The number of hydrogen-bond donors (Lipinski definition) is 3. The van der Waals surface area contributed by atoms with E-state index in [-0.39, 0.29) is 0 Å². The van der Waals surface area contributed by atoms with Gasteiger partial charge in [-0.05, 0) is 55.3 Å². The quantitative estimate of drug-likeness (QED) is 0.535. The third-order valence-electron chi connectivity index (χ3n) is 4.41. The van der Waals surface area contributed by atoms with Gasteiger partial charge in [0.1, 0.15) is 0 Å². The molecule has 2 aromatic rings. The van der Waals surface area contributed by atoms with Gasteiger partial charge in [-0.25, -0.2) is 0 Å². The molecule has 4 N–H and O–H groups in total. The Hall–Kier alpha value is -1.85. The van der Waals surface area contributed by atoms with Gasteiger partial charge in [-0.1, -0.05) is 28.1 Å². The average molecular weight is 387 g/mol. The summed E-state index contributed by atoms with van der Waals surface area (Å²) in [6.45, 7) is 3.14. The number of benzene rings is 2. The van der Waals surface area contributed by atoms with E-state index in [1.165, 1.54) is 24.6 Å². The van der Waals surface area contributed by atoms with E-state index in [0.29, 0.717) is 11.7 Å². The first-order chi connectivity index (χ1) is 11.6. The van der Waals surface area contributed by atoms with Gasteiger partial charge in [0, 0.05) is 46.8 Å². The second-order valence-corrected chi connectivity index (χ2v) is 7.25. The molecule has 126 valence electrons. The summed E-state index contributed by atoms with van der Waals surface area (Å²) in [5.41, 5.74) is 9.65. The Morgan fingerprint density at radius 1 is 1.29 bits per heavy atom. The number of nitrogens with one attached hydrogen (secondary N) is 2. The van der Waals surface area contributed by atoms with Gasteiger partial charge in [-0.2, -0.15) is 0 Å². The van der Waals surface area contributed by atoms with Gasteiger partial charge in [0.25, 0.3) is 0 Å². The standard InChI is InChI=1S/C19H23BrN4/c20-16-4-1-3-14(9-16)12-24-8-2-5-18(13-24)23-17-6-7-19(22)15(10-17)11-21/h1,3-4,6-7,9-11,18,21,23H,2,5,8,12-13,22H2. The molecule has 1 heterocycles. The molecule has 5 heteroatoms. The van der Waals surface area contributed by atoms with Crippen molar-refractivity contribution in [3.63, 3.8) is 0 Å². The highest BCUT2D eigenvalue weighted by Gasteiger charge is 2.20. The van der Waals surface area contributed by atoms with Crippen LogP contribution in [-0.4, -0.2) is 30.2 Å². The predicted molar refractivity (Wildman–Crippen MR) is 105 cm³/mol. The summed E-state index contributed by atoms with van der Waals surface area (Å²) in [4.78, 5) is 2.50. The Morgan fingerprint density at radius 3 is 2.96 bits per heavy atom. The third-order valence-corrected chi connectivity index (χ3v) is 4.91. The highest BCUT2D eigenvalue weighted by molar-refractivity contribution is 9.10. The van der Waals surface area contributed by atoms with Gasteiger partial charge in [-0.15, -0.1) is 0 Å². The molecule has 1 fully saturated rings. The van der Waals surface area contributed by atoms with Gasteiger partial charge in [0.05, 0.1) is 0 Å². The lowest BCUT2D eigenvalue weighted by Gasteiger charge is -2.33. The normalized spacial score (nSPS) is 18.3.